The van der Waals surface area contributed by atoms with Gasteiger partial charge in [0.25, 0.3) is 3.92 Å². The third kappa shape index (κ3) is 2.99. The summed E-state index contributed by atoms with van der Waals surface area (Å²) in [7, 11) is 0. The highest BCUT2D eigenvalue weighted by Gasteiger charge is 2.31. The molecule has 0 N–H and O–H groups in total. The lowest BCUT2D eigenvalue weighted by molar-refractivity contribution is 1.08. The molecule has 0 fully saturated rings. The van der Waals surface area contributed by atoms with Gasteiger partial charge in [-0.1, -0.05) is 65.2 Å². The first-order valence-electron chi connectivity index (χ1n) is 3.85. The van der Waals surface area contributed by atoms with Crippen LogP contribution in [0.5, 0.6) is 0 Å². The quantitative estimate of drug-likeness (QED) is 0.427. The lowest BCUT2D eigenvalue weighted by Gasteiger charge is -2.30. The average molecular weight is 269 g/mol. The van der Waals surface area contributed by atoms with Gasteiger partial charge in [0.1, 0.15) is 0 Å². The molecule has 0 radical (unpaired) electrons. The summed E-state index contributed by atoms with van der Waals surface area (Å²) in [5.41, 5.74) is 0.764. The molecule has 1 aromatic carbocycles. The van der Waals surface area contributed by atoms with Crippen LogP contribution in [0.3, 0.4) is 0 Å². The van der Waals surface area contributed by atoms with Gasteiger partial charge < -0.3 is 0 Å². The van der Waals surface area contributed by atoms with Gasteiger partial charge in [0.05, 0.1) is 4.99 Å². The molecule has 0 aliphatic carbocycles. The van der Waals surface area contributed by atoms with E-state index >= 15 is 0 Å². The largest absolute Gasteiger partial charge is 0.291 e. The lowest BCUT2D eigenvalue weighted by Crippen LogP contribution is -2.38. The van der Waals surface area contributed by atoms with Crippen molar-refractivity contribution in [3.8, 4) is 0 Å². The van der Waals surface area contributed by atoms with Gasteiger partial charge in [0, 0.05) is 5.69 Å². The highest BCUT2D eigenvalue weighted by atomic mass is 35.6. The van der Waals surface area contributed by atoms with Crippen LogP contribution >= 0.6 is 47.0 Å². The Balaban J connectivity index is 3.08. The zero-order valence-corrected chi connectivity index (χ0v) is 10.5. The fraction of sp³-hybridized carbons (Fsp3) is 0.222. The minimum atomic E-state index is -1.55. The van der Waals surface area contributed by atoms with Crippen molar-refractivity contribution in [2.45, 2.75) is 10.8 Å². The minimum Gasteiger partial charge on any atom is -0.291 e. The molecule has 5 heteroatoms. The number of halogens is 3. The van der Waals surface area contributed by atoms with E-state index in [-0.39, 0.29) is 0 Å². The SMILES string of the molecule is CC(=S)N(c1ccccc1)C(Cl)(Cl)Cl. The second-order valence-electron chi connectivity index (χ2n) is 2.66. The molecular formula is C9H8Cl3NS. The fourth-order valence-corrected chi connectivity index (χ4v) is 2.15. The van der Waals surface area contributed by atoms with E-state index in [1.165, 1.54) is 4.90 Å². The van der Waals surface area contributed by atoms with Crippen molar-refractivity contribution >= 4 is 57.7 Å². The first-order valence-corrected chi connectivity index (χ1v) is 5.39. The normalized spacial score (nSPS) is 11.1. The number of hydrogen-bond acceptors (Lipinski definition) is 1. The van der Waals surface area contributed by atoms with E-state index in [2.05, 4.69) is 0 Å². The van der Waals surface area contributed by atoms with Crippen LogP contribution in [0.2, 0.25) is 0 Å². The molecule has 14 heavy (non-hydrogen) atoms. The summed E-state index contributed by atoms with van der Waals surface area (Å²) < 4.78 is -1.55. The molecule has 0 atom stereocenters. The Hall–Kier alpha value is -0.0200. The third-order valence-electron chi connectivity index (χ3n) is 1.58. The molecule has 1 aromatic rings. The molecule has 1 rings (SSSR count). The molecule has 0 spiro atoms. The van der Waals surface area contributed by atoms with Crippen molar-refractivity contribution < 1.29 is 0 Å². The summed E-state index contributed by atoms with van der Waals surface area (Å²) in [5.74, 6) is 0. The number of alkyl halides is 3. The summed E-state index contributed by atoms with van der Waals surface area (Å²) in [6.07, 6.45) is 0. The van der Waals surface area contributed by atoms with Gasteiger partial charge in [-0.25, -0.2) is 0 Å². The van der Waals surface area contributed by atoms with Crippen molar-refractivity contribution in [1.29, 1.82) is 0 Å². The molecule has 0 unspecified atom stereocenters. The molecule has 0 amide bonds. The number of rotatable bonds is 1. The summed E-state index contributed by atoms with van der Waals surface area (Å²) in [5, 5.41) is 0. The Morgan fingerprint density at radius 2 is 1.71 bits per heavy atom. The average Bonchev–Trinajstić information content (AvgIpc) is 2.02. The summed E-state index contributed by atoms with van der Waals surface area (Å²) in [6.45, 7) is 1.71. The van der Waals surface area contributed by atoms with Crippen molar-refractivity contribution in [2.75, 3.05) is 4.90 Å². The summed E-state index contributed by atoms with van der Waals surface area (Å²) in [4.78, 5) is 1.98. The van der Waals surface area contributed by atoms with Crippen molar-refractivity contribution in [2.24, 2.45) is 0 Å². The summed E-state index contributed by atoms with van der Waals surface area (Å²) in [6, 6.07) is 9.27. The molecule has 76 valence electrons. The number of para-hydroxylation sites is 1. The molecule has 0 bridgehead atoms. The standard InChI is InChI=1S/C9H8Cl3NS/c1-7(14)13(9(10,11)12)8-5-3-2-4-6-8/h2-6H,1H3. The first-order chi connectivity index (χ1) is 6.43. The topological polar surface area (TPSA) is 3.24 Å². The van der Waals surface area contributed by atoms with Gasteiger partial charge in [-0.2, -0.15) is 0 Å². The molecule has 0 heterocycles. The van der Waals surface area contributed by atoms with Crippen LogP contribution in [0, 0.1) is 0 Å². The maximum Gasteiger partial charge on any atom is 0.272 e. The van der Waals surface area contributed by atoms with E-state index in [9.17, 15) is 0 Å². The number of anilines is 1. The number of nitrogens with zero attached hydrogens (tertiary/aromatic N) is 1. The van der Waals surface area contributed by atoms with Crippen LogP contribution in [0.1, 0.15) is 6.92 Å². The number of thiocarbonyl (C=S) groups is 1. The zero-order valence-electron chi connectivity index (χ0n) is 7.38. The smallest absolute Gasteiger partial charge is 0.272 e. The van der Waals surface area contributed by atoms with E-state index in [1.807, 2.05) is 30.3 Å². The van der Waals surface area contributed by atoms with E-state index in [4.69, 9.17) is 47.0 Å². The number of hydrogen-bond donors (Lipinski definition) is 0. The van der Waals surface area contributed by atoms with Gasteiger partial charge >= 0.3 is 0 Å². The van der Waals surface area contributed by atoms with Crippen LogP contribution in [0.25, 0.3) is 0 Å². The van der Waals surface area contributed by atoms with Gasteiger partial charge in [0.2, 0.25) is 0 Å². The predicted molar refractivity (Wildman–Crippen MR) is 67.5 cm³/mol. The van der Waals surface area contributed by atoms with Gasteiger partial charge in [-0.05, 0) is 19.1 Å². The molecule has 0 aromatic heterocycles. The first kappa shape index (κ1) is 12.1. The Morgan fingerprint density at radius 3 is 2.07 bits per heavy atom. The minimum absolute atomic E-state index is 0.510. The van der Waals surface area contributed by atoms with Crippen LogP contribution in [-0.4, -0.2) is 8.90 Å². The van der Waals surface area contributed by atoms with Gasteiger partial charge in [0.15, 0.2) is 0 Å². The molecule has 0 aliphatic heterocycles. The van der Waals surface area contributed by atoms with Crippen LogP contribution in [-0.2, 0) is 0 Å². The van der Waals surface area contributed by atoms with Crippen molar-refractivity contribution in [1.82, 2.24) is 0 Å². The molecule has 0 aliphatic rings. The highest BCUT2D eigenvalue weighted by molar-refractivity contribution is 7.80. The van der Waals surface area contributed by atoms with E-state index < -0.39 is 3.92 Å². The van der Waals surface area contributed by atoms with E-state index in [1.54, 1.807) is 6.92 Å². The second-order valence-corrected chi connectivity index (χ2v) is 5.47. The second kappa shape index (κ2) is 4.67. The third-order valence-corrected chi connectivity index (χ3v) is 2.27. The predicted octanol–water partition coefficient (Wildman–Crippen LogP) is 4.17. The fourth-order valence-electron chi connectivity index (χ4n) is 1.08. The van der Waals surface area contributed by atoms with Crippen LogP contribution < -0.4 is 4.90 Å². The van der Waals surface area contributed by atoms with Crippen molar-refractivity contribution in [3.63, 3.8) is 0 Å². The van der Waals surface area contributed by atoms with Crippen molar-refractivity contribution in [3.05, 3.63) is 30.3 Å². The Kier molecular flexibility index (Phi) is 4.02. The monoisotopic (exact) mass is 267 g/mol. The summed E-state index contributed by atoms with van der Waals surface area (Å²) >= 11 is 22.4. The zero-order chi connectivity index (χ0) is 10.8. The molecule has 0 saturated carbocycles. The van der Waals surface area contributed by atoms with Gasteiger partial charge in [-0.15, -0.1) is 0 Å². The molecular weight excluding hydrogens is 261 g/mol. The molecule has 0 saturated heterocycles. The lowest BCUT2D eigenvalue weighted by atomic mass is 10.3. The Labute approximate surface area is 104 Å². The van der Waals surface area contributed by atoms with E-state index in [0.29, 0.717) is 4.99 Å². The Bertz CT molecular complexity index is 321. The van der Waals surface area contributed by atoms with Crippen LogP contribution in [0.15, 0.2) is 30.3 Å². The maximum atomic E-state index is 5.80. The maximum absolute atomic E-state index is 5.80. The Morgan fingerprint density at radius 1 is 1.21 bits per heavy atom. The van der Waals surface area contributed by atoms with Gasteiger partial charge in [-0.3, -0.25) is 4.90 Å². The van der Waals surface area contributed by atoms with E-state index in [0.717, 1.165) is 5.69 Å². The highest BCUT2D eigenvalue weighted by Crippen LogP contribution is 2.35. The molecule has 1 nitrogen and oxygen atoms in total. The van der Waals surface area contributed by atoms with Crippen LogP contribution in [0.4, 0.5) is 5.69 Å². The number of benzene rings is 1.